The van der Waals surface area contributed by atoms with Crippen molar-refractivity contribution < 1.29 is 44.7 Å². The molecule has 4 N–H and O–H groups in total. The van der Waals surface area contributed by atoms with Gasteiger partial charge in [0.15, 0.2) is 6.54 Å². The fourth-order valence-electron chi connectivity index (χ4n) is 3.00. The molecular weight excluding hydrogens is 339 g/mol. The monoisotopic (exact) mass is 358 g/mol. The van der Waals surface area contributed by atoms with Crippen molar-refractivity contribution in [1.82, 2.24) is 10.1 Å². The first-order chi connectivity index (χ1) is 10.2. The average Bonchev–Trinajstić information content (AvgIpc) is 2.86. The average molecular weight is 359 g/mol. The minimum atomic E-state index is -0.856. The van der Waals surface area contributed by atoms with Crippen molar-refractivity contribution in [3.63, 3.8) is 0 Å². The van der Waals surface area contributed by atoms with E-state index in [1.807, 2.05) is 19.3 Å². The number of hydrogen-bond donors (Lipinski definition) is 3. The fourth-order valence-corrected chi connectivity index (χ4v) is 3.00. The molecule has 0 saturated heterocycles. The van der Waals surface area contributed by atoms with Crippen LogP contribution in [0, 0.1) is 0 Å². The fraction of sp³-hybridized carbons (Fsp3) is 0.400. The zero-order chi connectivity index (χ0) is 14.8. The molecular formula is C15H20Cl2N4O2. The van der Waals surface area contributed by atoms with E-state index in [2.05, 4.69) is 15.4 Å². The third-order valence-corrected chi connectivity index (χ3v) is 4.00. The van der Waals surface area contributed by atoms with Gasteiger partial charge in [-0.1, -0.05) is 0 Å². The molecule has 2 aromatic rings. The second-order valence-corrected chi connectivity index (χ2v) is 5.35. The summed E-state index contributed by atoms with van der Waals surface area (Å²) in [5, 5.41) is 14.9. The molecule has 3 rings (SSSR count). The van der Waals surface area contributed by atoms with Gasteiger partial charge in [0, 0.05) is 18.0 Å². The third-order valence-electron chi connectivity index (χ3n) is 4.00. The maximum atomic E-state index is 11.6. The summed E-state index contributed by atoms with van der Waals surface area (Å²) in [6, 6.07) is 1.96. The van der Waals surface area contributed by atoms with Crippen LogP contribution < -0.4 is 34.8 Å². The standard InChI is InChI=1S/C15H18N4O2.2ClH/c1-16-6-2-8-19-14(15(20)21)12-4-3-10-9-17-7-5-11(10)13(12)18-19;;/h5,7,9,16H,2-4,6,8H2,1H3,(H,20,21);2*1H. The number of quaternary nitrogens is 1. The van der Waals surface area contributed by atoms with Gasteiger partial charge >= 0.3 is 11.7 Å². The number of aromatic carboxylic acids is 1. The first kappa shape index (κ1) is 19.4. The minimum absolute atomic E-state index is 0. The first-order valence-corrected chi connectivity index (χ1v) is 7.31. The number of H-pyrrole nitrogens is 1. The number of carbonyl (C=O) groups is 1. The van der Waals surface area contributed by atoms with E-state index in [0.29, 0.717) is 12.2 Å². The van der Waals surface area contributed by atoms with Gasteiger partial charge in [-0.15, -0.1) is 4.68 Å². The summed E-state index contributed by atoms with van der Waals surface area (Å²) in [6.45, 7) is 1.68. The number of pyridine rings is 1. The summed E-state index contributed by atoms with van der Waals surface area (Å²) in [5.41, 5.74) is 4.52. The van der Waals surface area contributed by atoms with Crippen molar-refractivity contribution in [2.24, 2.45) is 0 Å². The Hall–Kier alpha value is -1.63. The van der Waals surface area contributed by atoms with Crippen molar-refractivity contribution in [3.05, 3.63) is 35.3 Å². The summed E-state index contributed by atoms with van der Waals surface area (Å²) >= 11 is 0. The minimum Gasteiger partial charge on any atom is -1.00 e. The SMILES string of the molecule is C[NH2+]CCC[n+]1[nH]c2c(c1C(=O)O)CCc1cnccc1-2.[Cl-].[Cl-]. The molecule has 1 aliphatic carbocycles. The van der Waals surface area contributed by atoms with Crippen LogP contribution in [0.1, 0.15) is 28.0 Å². The highest BCUT2D eigenvalue weighted by Gasteiger charge is 2.33. The zero-order valence-electron chi connectivity index (χ0n) is 12.9. The Morgan fingerprint density at radius 3 is 2.91 bits per heavy atom. The molecule has 23 heavy (non-hydrogen) atoms. The molecule has 6 nitrogen and oxygen atoms in total. The molecule has 0 amide bonds. The summed E-state index contributed by atoms with van der Waals surface area (Å²) in [7, 11) is 2.02. The van der Waals surface area contributed by atoms with E-state index in [0.717, 1.165) is 42.6 Å². The van der Waals surface area contributed by atoms with E-state index in [4.69, 9.17) is 0 Å². The molecule has 0 radical (unpaired) electrons. The van der Waals surface area contributed by atoms with E-state index in [-0.39, 0.29) is 24.8 Å². The summed E-state index contributed by atoms with van der Waals surface area (Å²) in [4.78, 5) is 15.8. The molecule has 0 spiro atoms. The number of aromatic amines is 1. The van der Waals surface area contributed by atoms with Crippen LogP contribution in [0.4, 0.5) is 0 Å². The molecule has 2 heterocycles. The van der Waals surface area contributed by atoms with Crippen LogP contribution in [-0.4, -0.2) is 34.8 Å². The molecule has 1 aliphatic rings. The van der Waals surface area contributed by atoms with Crippen LogP contribution in [0.15, 0.2) is 18.5 Å². The van der Waals surface area contributed by atoms with Crippen molar-refractivity contribution in [3.8, 4) is 11.3 Å². The lowest BCUT2D eigenvalue weighted by Gasteiger charge is -2.12. The molecule has 0 aliphatic heterocycles. The van der Waals surface area contributed by atoms with E-state index >= 15 is 0 Å². The third kappa shape index (κ3) is 3.65. The predicted molar refractivity (Wildman–Crippen MR) is 75.9 cm³/mol. The molecule has 0 aromatic carbocycles. The number of carboxylic acids is 1. The van der Waals surface area contributed by atoms with Gasteiger partial charge in [-0.3, -0.25) is 4.98 Å². The molecule has 0 atom stereocenters. The molecule has 126 valence electrons. The quantitative estimate of drug-likeness (QED) is 0.367. The second-order valence-electron chi connectivity index (χ2n) is 5.35. The Morgan fingerprint density at radius 2 is 2.22 bits per heavy atom. The van der Waals surface area contributed by atoms with Gasteiger partial charge in [-0.25, -0.2) is 4.79 Å². The van der Waals surface area contributed by atoms with E-state index in [9.17, 15) is 9.90 Å². The van der Waals surface area contributed by atoms with Crippen molar-refractivity contribution in [2.45, 2.75) is 25.8 Å². The molecule has 0 unspecified atom stereocenters. The van der Waals surface area contributed by atoms with Crippen LogP contribution in [-0.2, 0) is 19.4 Å². The number of nitrogens with zero attached hydrogens (tertiary/aromatic N) is 2. The Bertz CT molecular complexity index is 688. The Labute approximate surface area is 147 Å². The number of carboxylic acid groups (broad SMARTS) is 1. The van der Waals surface area contributed by atoms with Gasteiger partial charge in [0.1, 0.15) is 5.69 Å². The zero-order valence-corrected chi connectivity index (χ0v) is 14.4. The Balaban J connectivity index is 0.00000132. The maximum absolute atomic E-state index is 11.6. The van der Waals surface area contributed by atoms with Gasteiger partial charge in [0.25, 0.3) is 0 Å². The van der Waals surface area contributed by atoms with Crippen LogP contribution in [0.25, 0.3) is 11.3 Å². The molecule has 0 bridgehead atoms. The van der Waals surface area contributed by atoms with E-state index in [1.165, 1.54) is 5.56 Å². The highest BCUT2D eigenvalue weighted by atomic mass is 35.5. The molecule has 2 aromatic heterocycles. The van der Waals surface area contributed by atoms with Gasteiger partial charge in [0.05, 0.1) is 25.6 Å². The van der Waals surface area contributed by atoms with Crippen molar-refractivity contribution in [1.29, 1.82) is 0 Å². The lowest BCUT2D eigenvalue weighted by atomic mass is 9.90. The highest BCUT2D eigenvalue weighted by Crippen LogP contribution is 2.32. The topological polar surface area (TPSA) is 86.5 Å². The number of fused-ring (bicyclic) bond motifs is 3. The van der Waals surface area contributed by atoms with E-state index in [1.54, 1.807) is 10.9 Å². The Kier molecular flexibility index (Phi) is 7.00. The smallest absolute Gasteiger partial charge is 0.404 e. The summed E-state index contributed by atoms with van der Waals surface area (Å²) < 4.78 is 1.78. The lowest BCUT2D eigenvalue weighted by molar-refractivity contribution is -0.756. The van der Waals surface area contributed by atoms with Crippen molar-refractivity contribution in [2.75, 3.05) is 13.6 Å². The van der Waals surface area contributed by atoms with Crippen LogP contribution in [0.2, 0.25) is 0 Å². The number of nitrogens with two attached hydrogens (primary N) is 1. The predicted octanol–water partition coefficient (Wildman–Crippen LogP) is -6.25. The van der Waals surface area contributed by atoms with Crippen LogP contribution in [0.3, 0.4) is 0 Å². The highest BCUT2D eigenvalue weighted by molar-refractivity contribution is 5.88. The van der Waals surface area contributed by atoms with Crippen LogP contribution in [0.5, 0.6) is 0 Å². The lowest BCUT2D eigenvalue weighted by Crippen LogP contribution is -3.00. The number of aromatic nitrogens is 3. The maximum Gasteiger partial charge on any atom is 0.404 e. The largest absolute Gasteiger partial charge is 1.00 e. The Morgan fingerprint density at radius 1 is 1.43 bits per heavy atom. The van der Waals surface area contributed by atoms with Gasteiger partial charge < -0.3 is 35.2 Å². The van der Waals surface area contributed by atoms with Crippen molar-refractivity contribution >= 4 is 5.97 Å². The molecule has 0 fully saturated rings. The number of halogens is 2. The van der Waals surface area contributed by atoms with Crippen LogP contribution >= 0.6 is 0 Å². The first-order valence-electron chi connectivity index (χ1n) is 7.31. The summed E-state index contributed by atoms with van der Waals surface area (Å²) in [5.74, 6) is -0.856. The normalized spacial score (nSPS) is 11.7. The number of rotatable bonds is 5. The second kappa shape index (κ2) is 8.29. The number of hydrogen-bond acceptors (Lipinski definition) is 2. The molecule has 8 heteroatoms. The number of aryl methyl sites for hydroxylation is 2. The van der Waals surface area contributed by atoms with Gasteiger partial charge in [-0.05, 0) is 24.5 Å². The van der Waals surface area contributed by atoms with E-state index < -0.39 is 5.97 Å². The number of nitrogens with one attached hydrogen (secondary N) is 1. The molecule has 0 saturated carbocycles. The van der Waals surface area contributed by atoms with Gasteiger partial charge in [0.2, 0.25) is 0 Å². The van der Waals surface area contributed by atoms with Gasteiger partial charge in [-0.2, -0.15) is 5.10 Å². The summed E-state index contributed by atoms with van der Waals surface area (Å²) in [6.07, 6.45) is 6.15.